The molecular formula is C59H63F2N5O10. The van der Waals surface area contributed by atoms with Crippen molar-refractivity contribution in [3.8, 4) is 45.4 Å². The number of carbonyl (C=O) groups excluding carboxylic acids is 4. The van der Waals surface area contributed by atoms with E-state index in [1.165, 1.54) is 38.5 Å². The van der Waals surface area contributed by atoms with Gasteiger partial charge in [0, 0.05) is 31.4 Å². The minimum absolute atomic E-state index is 0.0542. The number of pyridine rings is 1. The van der Waals surface area contributed by atoms with E-state index < -0.39 is 35.4 Å². The number of methoxy groups -OCH3 is 2. The normalized spacial score (nSPS) is 13.0. The van der Waals surface area contributed by atoms with Gasteiger partial charge >= 0.3 is 11.9 Å². The average molecular weight is 1040 g/mol. The first-order valence-corrected chi connectivity index (χ1v) is 25.2. The van der Waals surface area contributed by atoms with Crippen LogP contribution in [0.4, 0.5) is 8.78 Å². The maximum atomic E-state index is 14.5. The Kier molecular flexibility index (Phi) is 18.3. The van der Waals surface area contributed by atoms with E-state index in [2.05, 4.69) is 15.6 Å². The van der Waals surface area contributed by atoms with Crippen molar-refractivity contribution in [1.29, 1.82) is 0 Å². The molecule has 76 heavy (non-hydrogen) atoms. The van der Waals surface area contributed by atoms with E-state index in [1.807, 2.05) is 53.4 Å². The molecule has 0 aliphatic heterocycles. The number of ether oxygens (including phenoxy) is 6. The molecule has 398 valence electrons. The summed E-state index contributed by atoms with van der Waals surface area (Å²) in [6.45, 7) is 1.25. The number of amides is 2. The minimum atomic E-state index is -0.538. The van der Waals surface area contributed by atoms with Gasteiger partial charge in [-0.05, 0) is 146 Å². The van der Waals surface area contributed by atoms with Gasteiger partial charge in [0.05, 0.1) is 46.1 Å². The topological polar surface area (TPSA) is 167 Å². The van der Waals surface area contributed by atoms with Crippen molar-refractivity contribution in [3.63, 3.8) is 0 Å². The first-order valence-electron chi connectivity index (χ1n) is 25.2. The number of rotatable bonds is 26. The molecule has 15 nitrogen and oxygen atoms in total. The molecule has 1 aromatic heterocycles. The van der Waals surface area contributed by atoms with Crippen LogP contribution in [0.2, 0.25) is 0 Å². The van der Waals surface area contributed by atoms with Crippen molar-refractivity contribution in [2.45, 2.75) is 58.5 Å². The molecule has 8 rings (SSSR count). The molecule has 2 aliphatic carbocycles. The SMILES string of the molecule is COc1ccc(CNC(=O)c2cc(-c3ccc(CN(C)CC(=O)OCc4ccccc4-c4cnc(OCC5CC5)c(C(=O)NCc5ccc(OC)c(F)c5)c4)cc3COC(=O)CN(C)C)ccc2OCC2CC2)cc1F. The summed E-state index contributed by atoms with van der Waals surface area (Å²) in [6.07, 6.45) is 5.84. The number of nitrogens with zero attached hydrogens (tertiary/aromatic N) is 3. The number of carbonyl (C=O) groups is 4. The Bertz CT molecular complexity index is 3050. The molecule has 6 aromatic rings. The van der Waals surface area contributed by atoms with Gasteiger partial charge in [0.15, 0.2) is 23.1 Å². The molecule has 5 aromatic carbocycles. The molecular weight excluding hydrogens is 977 g/mol. The largest absolute Gasteiger partial charge is 0.494 e. The fraction of sp³-hybridized carbons (Fsp3) is 0.339. The number of aromatic nitrogens is 1. The summed E-state index contributed by atoms with van der Waals surface area (Å²) in [5.74, 6) is -1.18. The van der Waals surface area contributed by atoms with Gasteiger partial charge in [0.25, 0.3) is 11.8 Å². The molecule has 2 aliphatic rings. The lowest BCUT2D eigenvalue weighted by atomic mass is 9.95. The highest BCUT2D eigenvalue weighted by molar-refractivity contribution is 5.99. The zero-order valence-electron chi connectivity index (χ0n) is 43.4. The summed E-state index contributed by atoms with van der Waals surface area (Å²) in [4.78, 5) is 62.0. The van der Waals surface area contributed by atoms with Gasteiger partial charge in [-0.3, -0.25) is 29.0 Å². The molecule has 17 heteroatoms. The predicted molar refractivity (Wildman–Crippen MR) is 281 cm³/mol. The number of esters is 2. The second kappa shape index (κ2) is 25.6. The van der Waals surface area contributed by atoms with E-state index in [0.717, 1.165) is 36.8 Å². The number of halogens is 2. The highest BCUT2D eigenvalue weighted by Crippen LogP contribution is 2.35. The van der Waals surface area contributed by atoms with Crippen molar-refractivity contribution in [3.05, 3.63) is 160 Å². The first kappa shape index (κ1) is 54.4. The van der Waals surface area contributed by atoms with Crippen LogP contribution in [0, 0.1) is 23.5 Å². The van der Waals surface area contributed by atoms with Crippen molar-refractivity contribution < 1.29 is 56.4 Å². The quantitative estimate of drug-likeness (QED) is 0.0495. The Morgan fingerprint density at radius 2 is 1.14 bits per heavy atom. The van der Waals surface area contributed by atoms with E-state index in [-0.39, 0.29) is 62.3 Å². The lowest BCUT2D eigenvalue weighted by Crippen LogP contribution is -2.27. The molecule has 0 bridgehead atoms. The monoisotopic (exact) mass is 1040 g/mol. The second-order valence-electron chi connectivity index (χ2n) is 19.5. The van der Waals surface area contributed by atoms with Crippen LogP contribution in [-0.2, 0) is 51.9 Å². The van der Waals surface area contributed by atoms with Gasteiger partial charge in [0.2, 0.25) is 5.88 Å². The molecule has 2 N–H and O–H groups in total. The van der Waals surface area contributed by atoms with Crippen LogP contribution in [0.15, 0.2) is 109 Å². The van der Waals surface area contributed by atoms with Gasteiger partial charge in [-0.15, -0.1) is 0 Å². The van der Waals surface area contributed by atoms with Gasteiger partial charge in [-0.2, -0.15) is 0 Å². The number of hydrogen-bond donors (Lipinski definition) is 2. The summed E-state index contributed by atoms with van der Waals surface area (Å²) < 4.78 is 62.8. The lowest BCUT2D eigenvalue weighted by Gasteiger charge is -2.19. The molecule has 2 fully saturated rings. The summed E-state index contributed by atoms with van der Waals surface area (Å²) in [5, 5.41) is 5.76. The fourth-order valence-corrected chi connectivity index (χ4v) is 8.37. The lowest BCUT2D eigenvalue weighted by molar-refractivity contribution is -0.146. The van der Waals surface area contributed by atoms with Crippen LogP contribution >= 0.6 is 0 Å². The second-order valence-corrected chi connectivity index (χ2v) is 19.5. The van der Waals surface area contributed by atoms with E-state index in [1.54, 1.807) is 62.6 Å². The summed E-state index contributed by atoms with van der Waals surface area (Å²) in [6, 6.07) is 29.2. The van der Waals surface area contributed by atoms with Gasteiger partial charge in [-0.1, -0.05) is 60.7 Å². The molecule has 0 spiro atoms. The van der Waals surface area contributed by atoms with Gasteiger partial charge in [-0.25, -0.2) is 13.8 Å². The average Bonchev–Trinajstić information content (AvgIpc) is 4.37. The molecule has 2 amide bonds. The molecule has 0 unspecified atom stereocenters. The van der Waals surface area contributed by atoms with E-state index in [4.69, 9.17) is 28.4 Å². The third-order valence-electron chi connectivity index (χ3n) is 12.9. The number of likely N-dealkylation sites (N-methyl/N-ethyl adjacent to an activating group) is 2. The number of benzene rings is 5. The van der Waals surface area contributed by atoms with Crippen LogP contribution in [0.3, 0.4) is 0 Å². The Morgan fingerprint density at radius 3 is 1.76 bits per heavy atom. The van der Waals surface area contributed by atoms with Crippen molar-refractivity contribution in [1.82, 2.24) is 25.4 Å². The highest BCUT2D eigenvalue weighted by atomic mass is 19.1. The Morgan fingerprint density at radius 1 is 0.592 bits per heavy atom. The third kappa shape index (κ3) is 15.1. The molecule has 2 saturated carbocycles. The van der Waals surface area contributed by atoms with E-state index >= 15 is 0 Å². The van der Waals surface area contributed by atoms with Gasteiger partial charge in [0.1, 0.15) is 24.5 Å². The first-order chi connectivity index (χ1) is 36.7. The molecule has 0 radical (unpaired) electrons. The summed E-state index contributed by atoms with van der Waals surface area (Å²) in [5.41, 5.74) is 6.50. The number of nitrogens with one attached hydrogen (secondary N) is 2. The van der Waals surface area contributed by atoms with Crippen LogP contribution in [0.5, 0.6) is 23.1 Å². The minimum Gasteiger partial charge on any atom is -0.494 e. The van der Waals surface area contributed by atoms with E-state index in [9.17, 15) is 28.0 Å². The Balaban J connectivity index is 0.949. The van der Waals surface area contributed by atoms with E-state index in [0.29, 0.717) is 81.9 Å². The van der Waals surface area contributed by atoms with Crippen molar-refractivity contribution >= 4 is 23.8 Å². The zero-order chi connectivity index (χ0) is 53.7. The van der Waals surface area contributed by atoms with Gasteiger partial charge < -0.3 is 39.1 Å². The summed E-state index contributed by atoms with van der Waals surface area (Å²) in [7, 11) is 8.11. The zero-order valence-corrected chi connectivity index (χ0v) is 43.4. The van der Waals surface area contributed by atoms with Crippen LogP contribution in [-0.4, -0.2) is 100 Å². The predicted octanol–water partition coefficient (Wildman–Crippen LogP) is 8.93. The molecule has 0 saturated heterocycles. The van der Waals surface area contributed by atoms with Crippen molar-refractivity contribution in [2.24, 2.45) is 11.8 Å². The standard InChI is InChI=1S/C59H63F2N5O10/c1-65(2)31-55(67)75-36-45-22-41(14-18-47(45)42-17-21-52(73-33-37-10-11-37)48(25-42)57(69)62-27-39-15-19-53(71-4)50(60)23-39)30-66(3)32-56(68)74-35-43-8-6-7-9-46(43)44-26-49(59(64-29-44)76-34-38-12-13-38)58(70)63-28-40-16-20-54(72-5)51(61)24-40/h6-9,14-26,29,37-38H,10-13,27-28,30-36H2,1-5H3,(H,62,69)(H,63,70). The maximum absolute atomic E-state index is 14.5. The highest BCUT2D eigenvalue weighted by Gasteiger charge is 2.26. The third-order valence-corrected chi connectivity index (χ3v) is 12.9. The molecule has 0 atom stereocenters. The summed E-state index contributed by atoms with van der Waals surface area (Å²) >= 11 is 0. The smallest absolute Gasteiger partial charge is 0.320 e. The number of hydrogen-bond acceptors (Lipinski definition) is 13. The maximum Gasteiger partial charge on any atom is 0.320 e. The van der Waals surface area contributed by atoms with Crippen molar-refractivity contribution in [2.75, 3.05) is 61.7 Å². The Hall–Kier alpha value is -7.89. The van der Waals surface area contributed by atoms with Crippen LogP contribution < -0.4 is 29.6 Å². The Labute approximate surface area is 441 Å². The van der Waals surface area contributed by atoms with Crippen LogP contribution in [0.1, 0.15) is 74.2 Å². The fourth-order valence-electron chi connectivity index (χ4n) is 8.37. The van der Waals surface area contributed by atoms with Crippen LogP contribution in [0.25, 0.3) is 22.3 Å². The molecule has 1 heterocycles.